The first-order chi connectivity index (χ1) is 16.1. The van der Waals surface area contributed by atoms with Gasteiger partial charge in [0, 0.05) is 22.8 Å². The normalized spacial score (nSPS) is 22.1. The summed E-state index contributed by atoms with van der Waals surface area (Å²) in [7, 11) is 0. The Bertz CT molecular complexity index is 1400. The third-order valence-corrected chi connectivity index (χ3v) is 6.70. The molecule has 0 saturated carbocycles. The van der Waals surface area contributed by atoms with E-state index in [-0.39, 0.29) is 28.4 Å². The number of nitrogens with one attached hydrogen (secondary N) is 1. The van der Waals surface area contributed by atoms with Crippen molar-refractivity contribution >= 4 is 17.4 Å². The Morgan fingerprint density at radius 3 is 2.50 bits per heavy atom. The summed E-state index contributed by atoms with van der Waals surface area (Å²) in [5.74, 6) is -3.38. The molecular formula is C26H22N2O6. The minimum atomic E-state index is -2.36. The van der Waals surface area contributed by atoms with Crippen molar-refractivity contribution in [2.75, 3.05) is 0 Å². The molecule has 0 fully saturated rings. The van der Waals surface area contributed by atoms with E-state index in [1.807, 2.05) is 13.8 Å². The van der Waals surface area contributed by atoms with E-state index in [0.29, 0.717) is 11.1 Å². The molecule has 1 heterocycles. The predicted molar refractivity (Wildman–Crippen MR) is 123 cm³/mol. The molecule has 172 valence electrons. The zero-order valence-corrected chi connectivity index (χ0v) is 18.8. The molecule has 5 rings (SSSR count). The van der Waals surface area contributed by atoms with Gasteiger partial charge in [0.15, 0.2) is 0 Å². The van der Waals surface area contributed by atoms with Gasteiger partial charge in [-0.2, -0.15) is 0 Å². The van der Waals surface area contributed by atoms with Gasteiger partial charge in [-0.05, 0) is 36.1 Å². The van der Waals surface area contributed by atoms with Crippen molar-refractivity contribution in [3.63, 3.8) is 0 Å². The maximum atomic E-state index is 14.0. The molecule has 34 heavy (non-hydrogen) atoms. The molecule has 1 aliphatic heterocycles. The fourth-order valence-electron chi connectivity index (χ4n) is 4.92. The van der Waals surface area contributed by atoms with Crippen LogP contribution in [0.1, 0.15) is 62.7 Å². The Labute approximate surface area is 195 Å². The summed E-state index contributed by atoms with van der Waals surface area (Å²) < 4.78 is 6.01. The number of carbonyl (C=O) groups excluding carboxylic acids is 2. The quantitative estimate of drug-likeness (QED) is 0.449. The highest BCUT2D eigenvalue weighted by Crippen LogP contribution is 2.59. The van der Waals surface area contributed by atoms with Crippen LogP contribution in [0.2, 0.25) is 0 Å². The van der Waals surface area contributed by atoms with Crippen LogP contribution in [0.15, 0.2) is 60.7 Å². The number of hydrogen-bond acceptors (Lipinski definition) is 6. The maximum Gasteiger partial charge on any atom is 0.280 e. The van der Waals surface area contributed by atoms with E-state index < -0.39 is 33.6 Å². The fraction of sp³-hybridized carbons (Fsp3) is 0.231. The van der Waals surface area contributed by atoms with Crippen LogP contribution in [0, 0.1) is 17.0 Å². The molecule has 0 saturated heterocycles. The van der Waals surface area contributed by atoms with Gasteiger partial charge in [0.2, 0.25) is 11.3 Å². The second kappa shape index (κ2) is 7.23. The Morgan fingerprint density at radius 1 is 1.09 bits per heavy atom. The van der Waals surface area contributed by atoms with Gasteiger partial charge in [-0.15, -0.1) is 0 Å². The molecule has 2 atom stereocenters. The number of fused-ring (bicyclic) bond motifs is 5. The number of amides is 1. The SMILES string of the molecule is Cc1ccccc1C(=O)NC12C(=O)c3c([N+](=O)[O-])cccc3C1(O)Oc1cc(C(C)C)ccc12. The number of benzene rings is 3. The summed E-state index contributed by atoms with van der Waals surface area (Å²) in [4.78, 5) is 38.5. The summed E-state index contributed by atoms with van der Waals surface area (Å²) in [5, 5.41) is 26.4. The van der Waals surface area contributed by atoms with Crippen LogP contribution in [0.4, 0.5) is 5.69 Å². The van der Waals surface area contributed by atoms with E-state index >= 15 is 0 Å². The van der Waals surface area contributed by atoms with Gasteiger partial charge in [-0.3, -0.25) is 19.7 Å². The van der Waals surface area contributed by atoms with E-state index in [4.69, 9.17) is 4.74 Å². The lowest BCUT2D eigenvalue weighted by molar-refractivity contribution is -0.385. The standard InChI is InChI=1S/C26H22N2O6/c1-14(2)16-11-12-18-21(13-16)34-26(31)19-9-6-10-20(28(32)33)22(19)23(29)25(18,26)27-24(30)17-8-5-4-7-15(17)3/h4-14,31H,1-3H3,(H,27,30). The van der Waals surface area contributed by atoms with Gasteiger partial charge < -0.3 is 15.2 Å². The first-order valence-electron chi connectivity index (χ1n) is 10.9. The zero-order valence-electron chi connectivity index (χ0n) is 18.8. The number of nitro benzene ring substituents is 1. The van der Waals surface area contributed by atoms with E-state index in [1.165, 1.54) is 18.2 Å². The lowest BCUT2D eigenvalue weighted by Gasteiger charge is -2.34. The topological polar surface area (TPSA) is 119 Å². The number of hydrogen-bond donors (Lipinski definition) is 2. The molecule has 0 radical (unpaired) electrons. The number of aryl methyl sites for hydroxylation is 1. The van der Waals surface area contributed by atoms with E-state index in [0.717, 1.165) is 5.56 Å². The number of ether oxygens (including phenoxy) is 1. The lowest BCUT2D eigenvalue weighted by Crippen LogP contribution is -2.60. The van der Waals surface area contributed by atoms with Crippen LogP contribution in [0.5, 0.6) is 5.75 Å². The average molecular weight is 458 g/mol. The summed E-state index contributed by atoms with van der Waals surface area (Å²) in [5.41, 5.74) is -0.748. The molecule has 3 aromatic rings. The summed E-state index contributed by atoms with van der Waals surface area (Å²) in [6.07, 6.45) is 0. The first kappa shape index (κ1) is 21.8. The van der Waals surface area contributed by atoms with Crippen molar-refractivity contribution < 1.29 is 24.4 Å². The van der Waals surface area contributed by atoms with Crippen LogP contribution in [0.3, 0.4) is 0 Å². The summed E-state index contributed by atoms with van der Waals surface area (Å²) in [6, 6.07) is 16.0. The molecule has 2 aliphatic rings. The highest BCUT2D eigenvalue weighted by molar-refractivity contribution is 6.15. The van der Waals surface area contributed by atoms with Crippen LogP contribution in [-0.2, 0) is 11.3 Å². The van der Waals surface area contributed by atoms with Crippen LogP contribution < -0.4 is 10.1 Å². The van der Waals surface area contributed by atoms with Crippen molar-refractivity contribution in [1.82, 2.24) is 5.32 Å². The van der Waals surface area contributed by atoms with Gasteiger partial charge in [0.1, 0.15) is 11.3 Å². The van der Waals surface area contributed by atoms with Gasteiger partial charge >= 0.3 is 0 Å². The van der Waals surface area contributed by atoms with Crippen molar-refractivity contribution in [1.29, 1.82) is 0 Å². The molecule has 1 amide bonds. The molecule has 1 aliphatic carbocycles. The zero-order chi connectivity index (χ0) is 24.4. The van der Waals surface area contributed by atoms with E-state index in [1.54, 1.807) is 49.4 Å². The van der Waals surface area contributed by atoms with Crippen molar-refractivity contribution in [2.24, 2.45) is 0 Å². The third kappa shape index (κ3) is 2.69. The van der Waals surface area contributed by atoms with Crippen molar-refractivity contribution in [3.05, 3.63) is 104 Å². The number of nitrogens with zero attached hydrogens (tertiary/aromatic N) is 1. The molecule has 8 heteroatoms. The number of Topliss-reactive ketones (excluding diaryl/α,β-unsaturated/α-hetero) is 1. The molecule has 2 N–H and O–H groups in total. The van der Waals surface area contributed by atoms with E-state index in [2.05, 4.69) is 5.32 Å². The van der Waals surface area contributed by atoms with Gasteiger partial charge in [0.25, 0.3) is 17.4 Å². The molecule has 8 nitrogen and oxygen atoms in total. The minimum Gasteiger partial charge on any atom is -0.454 e. The number of rotatable bonds is 4. The first-order valence-corrected chi connectivity index (χ1v) is 10.9. The Kier molecular flexibility index (Phi) is 4.63. The second-order valence-electron chi connectivity index (χ2n) is 8.96. The molecule has 2 unspecified atom stereocenters. The molecule has 0 aromatic heterocycles. The number of aliphatic hydroxyl groups is 1. The van der Waals surface area contributed by atoms with Gasteiger partial charge in [-0.1, -0.05) is 56.3 Å². The summed E-state index contributed by atoms with van der Waals surface area (Å²) in [6.45, 7) is 5.74. The molecule has 0 spiro atoms. The van der Waals surface area contributed by atoms with Crippen molar-refractivity contribution in [2.45, 2.75) is 38.0 Å². The summed E-state index contributed by atoms with van der Waals surface area (Å²) >= 11 is 0. The average Bonchev–Trinajstić information content (AvgIpc) is 3.16. The smallest absolute Gasteiger partial charge is 0.280 e. The second-order valence-corrected chi connectivity index (χ2v) is 8.96. The van der Waals surface area contributed by atoms with Gasteiger partial charge in [0.05, 0.1) is 4.92 Å². The van der Waals surface area contributed by atoms with Crippen LogP contribution in [0.25, 0.3) is 0 Å². The number of ketones is 1. The highest BCUT2D eigenvalue weighted by atomic mass is 16.6. The number of carbonyl (C=O) groups is 2. The molecule has 0 bridgehead atoms. The third-order valence-electron chi connectivity index (χ3n) is 6.70. The highest BCUT2D eigenvalue weighted by Gasteiger charge is 2.73. The molecule has 3 aromatic carbocycles. The van der Waals surface area contributed by atoms with Crippen LogP contribution >= 0.6 is 0 Å². The Balaban J connectivity index is 1.77. The van der Waals surface area contributed by atoms with Crippen molar-refractivity contribution in [3.8, 4) is 5.75 Å². The lowest BCUT2D eigenvalue weighted by atomic mass is 9.82. The minimum absolute atomic E-state index is 0.0564. The fourth-order valence-corrected chi connectivity index (χ4v) is 4.92. The van der Waals surface area contributed by atoms with Gasteiger partial charge in [-0.25, -0.2) is 0 Å². The Morgan fingerprint density at radius 2 is 1.82 bits per heavy atom. The van der Waals surface area contributed by atoms with E-state index in [9.17, 15) is 24.8 Å². The number of nitro groups is 1. The molecular weight excluding hydrogens is 436 g/mol. The maximum absolute atomic E-state index is 14.0. The Hall–Kier alpha value is -4.04. The monoisotopic (exact) mass is 458 g/mol. The largest absolute Gasteiger partial charge is 0.454 e. The predicted octanol–water partition coefficient (Wildman–Crippen LogP) is 4.09. The van der Waals surface area contributed by atoms with Crippen LogP contribution in [-0.4, -0.2) is 21.7 Å².